The standard InChI is InChI=1S/C17H18N4O3/c1-3-24-17(22)13-11-21-16(19-13)9-8-15(20-21)18-10-12-6-4-5-7-14(12)23-2/h4-9,11H,3,10H2,1-2H3,(H,18,20). The van der Waals surface area contributed by atoms with E-state index in [1.807, 2.05) is 30.3 Å². The third kappa shape index (κ3) is 3.29. The molecule has 0 aliphatic heterocycles. The van der Waals surface area contributed by atoms with Crippen LogP contribution < -0.4 is 10.1 Å². The fourth-order valence-corrected chi connectivity index (χ4v) is 2.31. The first-order valence-electron chi connectivity index (χ1n) is 7.60. The molecule has 0 saturated heterocycles. The van der Waals surface area contributed by atoms with Gasteiger partial charge in [0.05, 0.1) is 19.9 Å². The van der Waals surface area contributed by atoms with Crippen LogP contribution >= 0.6 is 0 Å². The molecular formula is C17H18N4O3. The summed E-state index contributed by atoms with van der Waals surface area (Å²) in [4.78, 5) is 15.9. The molecule has 0 fully saturated rings. The Morgan fingerprint density at radius 1 is 1.25 bits per heavy atom. The summed E-state index contributed by atoms with van der Waals surface area (Å²) in [6.45, 7) is 2.64. The number of anilines is 1. The maximum absolute atomic E-state index is 11.7. The summed E-state index contributed by atoms with van der Waals surface area (Å²) < 4.78 is 11.8. The highest BCUT2D eigenvalue weighted by atomic mass is 16.5. The molecule has 0 bridgehead atoms. The molecule has 7 heteroatoms. The van der Waals surface area contributed by atoms with Crippen LogP contribution in [0.15, 0.2) is 42.6 Å². The van der Waals surface area contributed by atoms with Crippen LogP contribution in [0.2, 0.25) is 0 Å². The Morgan fingerprint density at radius 2 is 2.08 bits per heavy atom. The second-order valence-corrected chi connectivity index (χ2v) is 5.03. The molecule has 1 N–H and O–H groups in total. The van der Waals surface area contributed by atoms with E-state index in [-0.39, 0.29) is 5.69 Å². The van der Waals surface area contributed by atoms with Crippen molar-refractivity contribution in [3.63, 3.8) is 0 Å². The van der Waals surface area contributed by atoms with Gasteiger partial charge < -0.3 is 14.8 Å². The van der Waals surface area contributed by atoms with Crippen molar-refractivity contribution in [2.45, 2.75) is 13.5 Å². The van der Waals surface area contributed by atoms with Gasteiger partial charge in [-0.3, -0.25) is 0 Å². The molecule has 0 atom stereocenters. The first-order valence-corrected chi connectivity index (χ1v) is 7.60. The van der Waals surface area contributed by atoms with Crippen LogP contribution in [0.25, 0.3) is 5.65 Å². The minimum absolute atomic E-state index is 0.242. The van der Waals surface area contributed by atoms with Gasteiger partial charge in [-0.05, 0) is 25.1 Å². The lowest BCUT2D eigenvalue weighted by Gasteiger charge is -2.09. The Bertz CT molecular complexity index is 860. The van der Waals surface area contributed by atoms with Gasteiger partial charge in [-0.25, -0.2) is 14.3 Å². The summed E-state index contributed by atoms with van der Waals surface area (Å²) in [5, 5.41) is 7.64. The Balaban J connectivity index is 1.77. The Kier molecular flexibility index (Phi) is 4.60. The minimum Gasteiger partial charge on any atom is -0.496 e. The predicted molar refractivity (Wildman–Crippen MR) is 89.3 cm³/mol. The number of carbonyl (C=O) groups excluding carboxylic acids is 1. The van der Waals surface area contributed by atoms with Crippen LogP contribution in [-0.2, 0) is 11.3 Å². The molecule has 3 rings (SSSR count). The van der Waals surface area contributed by atoms with E-state index in [1.165, 1.54) is 0 Å². The van der Waals surface area contributed by atoms with E-state index in [1.54, 1.807) is 30.8 Å². The van der Waals surface area contributed by atoms with E-state index in [0.717, 1.165) is 11.3 Å². The van der Waals surface area contributed by atoms with Crippen molar-refractivity contribution in [1.82, 2.24) is 14.6 Å². The number of ether oxygens (including phenoxy) is 2. The quantitative estimate of drug-likeness (QED) is 0.701. The molecule has 0 spiro atoms. The number of fused-ring (bicyclic) bond motifs is 1. The largest absolute Gasteiger partial charge is 0.496 e. The third-order valence-electron chi connectivity index (χ3n) is 3.46. The molecular weight excluding hydrogens is 308 g/mol. The van der Waals surface area contributed by atoms with Crippen LogP contribution in [0.3, 0.4) is 0 Å². The first kappa shape index (κ1) is 15.8. The van der Waals surface area contributed by atoms with E-state index in [2.05, 4.69) is 15.4 Å². The summed E-state index contributed by atoms with van der Waals surface area (Å²) in [7, 11) is 1.64. The number of hydrogen-bond donors (Lipinski definition) is 1. The van der Waals surface area contributed by atoms with Crippen LogP contribution in [0.5, 0.6) is 5.75 Å². The predicted octanol–water partition coefficient (Wildman–Crippen LogP) is 2.53. The molecule has 7 nitrogen and oxygen atoms in total. The van der Waals surface area contributed by atoms with Crippen LogP contribution in [-0.4, -0.2) is 34.3 Å². The van der Waals surface area contributed by atoms with Gasteiger partial charge in [0, 0.05) is 12.1 Å². The average molecular weight is 326 g/mol. The van der Waals surface area contributed by atoms with Crippen molar-refractivity contribution in [2.75, 3.05) is 19.0 Å². The molecule has 0 unspecified atom stereocenters. The number of methoxy groups -OCH3 is 1. The molecule has 3 aromatic rings. The van der Waals surface area contributed by atoms with Gasteiger partial charge in [0.15, 0.2) is 11.3 Å². The molecule has 0 aliphatic rings. The zero-order chi connectivity index (χ0) is 16.9. The van der Waals surface area contributed by atoms with Crippen LogP contribution in [0.4, 0.5) is 5.82 Å². The number of carbonyl (C=O) groups is 1. The normalized spacial score (nSPS) is 10.6. The average Bonchev–Trinajstić information content (AvgIpc) is 3.04. The monoisotopic (exact) mass is 326 g/mol. The van der Waals surface area contributed by atoms with E-state index >= 15 is 0 Å². The van der Waals surface area contributed by atoms with Crippen molar-refractivity contribution in [1.29, 1.82) is 0 Å². The van der Waals surface area contributed by atoms with Gasteiger partial charge in [0.2, 0.25) is 0 Å². The van der Waals surface area contributed by atoms with Gasteiger partial charge in [-0.15, -0.1) is 5.10 Å². The third-order valence-corrected chi connectivity index (χ3v) is 3.46. The molecule has 1 aromatic carbocycles. The fourth-order valence-electron chi connectivity index (χ4n) is 2.31. The van der Waals surface area contributed by atoms with Crippen molar-refractivity contribution in [3.8, 4) is 5.75 Å². The maximum Gasteiger partial charge on any atom is 0.358 e. The zero-order valence-corrected chi connectivity index (χ0v) is 13.5. The Morgan fingerprint density at radius 3 is 2.88 bits per heavy atom. The molecule has 0 amide bonds. The second-order valence-electron chi connectivity index (χ2n) is 5.03. The molecule has 24 heavy (non-hydrogen) atoms. The number of para-hydroxylation sites is 1. The lowest BCUT2D eigenvalue weighted by atomic mass is 10.2. The van der Waals surface area contributed by atoms with Gasteiger partial charge >= 0.3 is 5.97 Å². The van der Waals surface area contributed by atoms with Crippen LogP contribution in [0.1, 0.15) is 23.0 Å². The maximum atomic E-state index is 11.7. The van der Waals surface area contributed by atoms with Crippen molar-refractivity contribution < 1.29 is 14.3 Å². The Hall–Kier alpha value is -3.09. The molecule has 2 heterocycles. The van der Waals surface area contributed by atoms with Crippen molar-refractivity contribution >= 4 is 17.4 Å². The highest BCUT2D eigenvalue weighted by Gasteiger charge is 2.12. The molecule has 124 valence electrons. The lowest BCUT2D eigenvalue weighted by molar-refractivity contribution is 0.0520. The minimum atomic E-state index is -0.452. The summed E-state index contributed by atoms with van der Waals surface area (Å²) in [5.74, 6) is 1.03. The van der Waals surface area contributed by atoms with E-state index in [0.29, 0.717) is 24.6 Å². The molecule has 2 aromatic heterocycles. The summed E-state index contributed by atoms with van der Waals surface area (Å²) >= 11 is 0. The van der Waals surface area contributed by atoms with Crippen LogP contribution in [0, 0.1) is 0 Å². The summed E-state index contributed by atoms with van der Waals surface area (Å²) in [5.41, 5.74) is 1.85. The van der Waals surface area contributed by atoms with Gasteiger partial charge in [0.1, 0.15) is 11.6 Å². The number of hydrogen-bond acceptors (Lipinski definition) is 6. The number of benzene rings is 1. The first-order chi connectivity index (χ1) is 11.7. The fraction of sp³-hybridized carbons (Fsp3) is 0.235. The zero-order valence-electron chi connectivity index (χ0n) is 13.5. The molecule has 0 saturated carbocycles. The highest BCUT2D eigenvalue weighted by Crippen LogP contribution is 2.18. The topological polar surface area (TPSA) is 77.8 Å². The highest BCUT2D eigenvalue weighted by molar-refractivity contribution is 5.87. The van der Waals surface area contributed by atoms with Gasteiger partial charge in [0.25, 0.3) is 0 Å². The van der Waals surface area contributed by atoms with Crippen molar-refractivity contribution in [3.05, 3.63) is 53.9 Å². The van der Waals surface area contributed by atoms with E-state index in [9.17, 15) is 4.79 Å². The summed E-state index contributed by atoms with van der Waals surface area (Å²) in [6.07, 6.45) is 1.56. The lowest BCUT2D eigenvalue weighted by Crippen LogP contribution is -2.05. The number of esters is 1. The van der Waals surface area contributed by atoms with Gasteiger partial charge in [-0.2, -0.15) is 0 Å². The van der Waals surface area contributed by atoms with Gasteiger partial charge in [-0.1, -0.05) is 18.2 Å². The van der Waals surface area contributed by atoms with E-state index < -0.39 is 5.97 Å². The van der Waals surface area contributed by atoms with E-state index in [4.69, 9.17) is 9.47 Å². The smallest absolute Gasteiger partial charge is 0.358 e. The SMILES string of the molecule is CCOC(=O)c1cn2nc(NCc3ccccc3OC)ccc2n1. The molecule has 0 radical (unpaired) electrons. The molecule has 0 aliphatic carbocycles. The summed E-state index contributed by atoms with van der Waals surface area (Å²) in [6, 6.07) is 11.4. The second kappa shape index (κ2) is 6.99. The Labute approximate surface area is 139 Å². The number of nitrogens with zero attached hydrogens (tertiary/aromatic N) is 3. The van der Waals surface area contributed by atoms with Crippen molar-refractivity contribution in [2.24, 2.45) is 0 Å². The number of imidazole rings is 1. The number of nitrogens with one attached hydrogen (secondary N) is 1. The number of aromatic nitrogens is 3. The number of rotatable bonds is 6.